The fraction of sp³-hybridized carbons (Fsp3) is 0.435. The molecule has 1 aliphatic heterocycles. The molecule has 0 bridgehead atoms. The van der Waals surface area contributed by atoms with Gasteiger partial charge in [-0.15, -0.1) is 0 Å². The Bertz CT molecular complexity index is 901. The van der Waals surface area contributed by atoms with Crippen molar-refractivity contribution in [3.05, 3.63) is 47.5 Å². The molecule has 1 aromatic carbocycles. The second kappa shape index (κ2) is 9.14. The quantitative estimate of drug-likeness (QED) is 0.448. The number of allylic oxidation sites excluding steroid dienone is 1. The zero-order chi connectivity index (χ0) is 22.5. The maximum absolute atomic E-state index is 13.1. The van der Waals surface area contributed by atoms with Crippen molar-refractivity contribution in [2.24, 2.45) is 5.41 Å². The summed E-state index contributed by atoms with van der Waals surface area (Å²) in [6, 6.07) is 8.38. The van der Waals surface area contributed by atoms with Gasteiger partial charge >= 0.3 is 5.97 Å². The molecule has 0 radical (unpaired) electrons. The first-order valence-electron chi connectivity index (χ1n) is 9.64. The van der Waals surface area contributed by atoms with Gasteiger partial charge in [0.1, 0.15) is 6.04 Å². The van der Waals surface area contributed by atoms with Crippen molar-refractivity contribution in [3.8, 4) is 11.8 Å². The third kappa shape index (κ3) is 5.94. The van der Waals surface area contributed by atoms with Crippen LogP contribution in [0.25, 0.3) is 0 Å². The van der Waals surface area contributed by atoms with Crippen molar-refractivity contribution in [1.82, 2.24) is 10.6 Å². The van der Waals surface area contributed by atoms with E-state index >= 15 is 0 Å². The van der Waals surface area contributed by atoms with Crippen LogP contribution in [0.5, 0.6) is 0 Å². The lowest BCUT2D eigenvalue weighted by Crippen LogP contribution is -2.54. The lowest BCUT2D eigenvalue weighted by Gasteiger charge is -2.30. The standard InChI is InChI=1S/C23H28N2O5/c1-22(2,3)18(20(27)24-6)25-19(26)16(17-21(28)30-23(4,5)29-17)14-10-13-15-11-8-7-9-12-15/h7-9,11-12,14,17-18H,1-6H3,(H,24,27)(H,25,26)/b16-14-/t17-,18+/m0/s1. The Labute approximate surface area is 177 Å². The molecule has 2 atom stereocenters. The van der Waals surface area contributed by atoms with Crippen molar-refractivity contribution in [2.45, 2.75) is 52.6 Å². The lowest BCUT2D eigenvalue weighted by atomic mass is 9.85. The Morgan fingerprint density at radius 2 is 1.83 bits per heavy atom. The number of rotatable bonds is 4. The monoisotopic (exact) mass is 412 g/mol. The third-order valence-electron chi connectivity index (χ3n) is 4.37. The molecule has 1 heterocycles. The van der Waals surface area contributed by atoms with E-state index in [1.54, 1.807) is 13.8 Å². The molecule has 1 aromatic rings. The zero-order valence-electron chi connectivity index (χ0n) is 18.2. The number of esters is 1. The van der Waals surface area contributed by atoms with Crippen LogP contribution in [0.2, 0.25) is 0 Å². The summed E-state index contributed by atoms with van der Waals surface area (Å²) in [5.74, 6) is 2.89. The fourth-order valence-electron chi connectivity index (χ4n) is 2.86. The normalized spacial score (nSPS) is 19.2. The number of likely N-dealkylation sites (N-methyl/N-ethyl adjacent to an activating group) is 1. The van der Waals surface area contributed by atoms with Crippen molar-refractivity contribution in [3.63, 3.8) is 0 Å². The molecule has 0 aromatic heterocycles. The number of cyclic esters (lactones) is 1. The zero-order valence-corrected chi connectivity index (χ0v) is 18.2. The highest BCUT2D eigenvalue weighted by Crippen LogP contribution is 2.28. The average Bonchev–Trinajstić information content (AvgIpc) is 2.94. The van der Waals surface area contributed by atoms with E-state index in [1.807, 2.05) is 51.1 Å². The molecule has 0 aliphatic carbocycles. The maximum Gasteiger partial charge on any atom is 0.342 e. The summed E-state index contributed by atoms with van der Waals surface area (Å²) < 4.78 is 10.8. The van der Waals surface area contributed by atoms with Gasteiger partial charge in [0.05, 0.1) is 5.57 Å². The fourth-order valence-corrected chi connectivity index (χ4v) is 2.86. The Hall–Kier alpha value is -3.11. The molecule has 30 heavy (non-hydrogen) atoms. The van der Waals surface area contributed by atoms with Gasteiger partial charge in [0.15, 0.2) is 6.10 Å². The summed E-state index contributed by atoms with van der Waals surface area (Å²) in [6.07, 6.45) is 0.0922. The van der Waals surface area contributed by atoms with Crippen LogP contribution in [0.1, 0.15) is 40.2 Å². The van der Waals surface area contributed by atoms with Crippen molar-refractivity contribution < 1.29 is 23.9 Å². The molecular weight excluding hydrogens is 384 g/mol. The highest BCUT2D eigenvalue weighted by Gasteiger charge is 2.45. The summed E-state index contributed by atoms with van der Waals surface area (Å²) >= 11 is 0. The minimum atomic E-state index is -1.24. The number of benzene rings is 1. The molecule has 1 saturated heterocycles. The number of carbonyl (C=O) groups is 3. The molecule has 1 aliphatic rings. The number of amides is 2. The van der Waals surface area contributed by atoms with Crippen LogP contribution in [-0.4, -0.2) is 42.8 Å². The summed E-state index contributed by atoms with van der Waals surface area (Å²) in [5.41, 5.74) is 0.168. The van der Waals surface area contributed by atoms with E-state index in [1.165, 1.54) is 13.1 Å². The minimum absolute atomic E-state index is 0.0211. The van der Waals surface area contributed by atoms with Gasteiger partial charge in [-0.2, -0.15) is 0 Å². The Balaban J connectivity index is 2.39. The van der Waals surface area contributed by atoms with E-state index in [0.29, 0.717) is 0 Å². The third-order valence-corrected chi connectivity index (χ3v) is 4.37. The molecule has 0 saturated carbocycles. The Morgan fingerprint density at radius 1 is 1.20 bits per heavy atom. The Morgan fingerprint density at radius 3 is 2.33 bits per heavy atom. The summed E-state index contributed by atoms with van der Waals surface area (Å²) in [5, 5.41) is 5.25. The van der Waals surface area contributed by atoms with Gasteiger partial charge in [-0.1, -0.05) is 50.8 Å². The van der Waals surface area contributed by atoms with Gasteiger partial charge in [-0.05, 0) is 17.5 Å². The highest BCUT2D eigenvalue weighted by molar-refractivity contribution is 6.03. The van der Waals surface area contributed by atoms with Crippen LogP contribution in [0.3, 0.4) is 0 Å². The van der Waals surface area contributed by atoms with E-state index in [4.69, 9.17) is 9.47 Å². The molecule has 0 spiro atoms. The first kappa shape index (κ1) is 23.2. The second-order valence-electron chi connectivity index (χ2n) is 8.44. The molecule has 0 unspecified atom stereocenters. The largest absolute Gasteiger partial charge is 0.431 e. The van der Waals surface area contributed by atoms with Crippen LogP contribution in [0, 0.1) is 17.3 Å². The highest BCUT2D eigenvalue weighted by atomic mass is 16.8. The number of hydrogen-bond donors (Lipinski definition) is 2. The van der Waals surface area contributed by atoms with Crippen LogP contribution in [0.15, 0.2) is 42.0 Å². The maximum atomic E-state index is 13.1. The molecule has 2 N–H and O–H groups in total. The van der Waals surface area contributed by atoms with Crippen LogP contribution >= 0.6 is 0 Å². The van der Waals surface area contributed by atoms with E-state index in [2.05, 4.69) is 22.5 Å². The SMILES string of the molecule is CNC(=O)[C@@H](NC(=O)/C(=C\C#Cc1ccccc1)[C@@H]1OC(C)(C)OC1=O)C(C)(C)C. The molecule has 2 amide bonds. The average molecular weight is 412 g/mol. The van der Waals surface area contributed by atoms with Gasteiger partial charge in [0, 0.05) is 32.5 Å². The molecule has 2 rings (SSSR count). The van der Waals surface area contributed by atoms with Crippen molar-refractivity contribution in [2.75, 3.05) is 7.05 Å². The molecule has 7 nitrogen and oxygen atoms in total. The predicted octanol–water partition coefficient (Wildman–Crippen LogP) is 1.92. The smallest absolute Gasteiger partial charge is 0.342 e. The van der Waals surface area contributed by atoms with Gasteiger partial charge < -0.3 is 20.1 Å². The first-order valence-corrected chi connectivity index (χ1v) is 9.64. The van der Waals surface area contributed by atoms with E-state index in [-0.39, 0.29) is 11.5 Å². The number of nitrogens with one attached hydrogen (secondary N) is 2. The van der Waals surface area contributed by atoms with Gasteiger partial charge in [0.25, 0.3) is 5.91 Å². The number of carbonyl (C=O) groups excluding carboxylic acids is 3. The summed E-state index contributed by atoms with van der Waals surface area (Å²) in [4.78, 5) is 37.7. The molecule has 7 heteroatoms. The van der Waals surface area contributed by atoms with Crippen LogP contribution in [0.4, 0.5) is 0 Å². The van der Waals surface area contributed by atoms with E-state index < -0.39 is 35.2 Å². The number of hydrogen-bond acceptors (Lipinski definition) is 5. The van der Waals surface area contributed by atoms with Gasteiger partial charge in [-0.3, -0.25) is 9.59 Å². The molecule has 1 fully saturated rings. The minimum Gasteiger partial charge on any atom is -0.431 e. The van der Waals surface area contributed by atoms with Crippen LogP contribution < -0.4 is 10.6 Å². The molecule has 160 valence electrons. The first-order chi connectivity index (χ1) is 13.9. The van der Waals surface area contributed by atoms with Crippen molar-refractivity contribution >= 4 is 17.8 Å². The topological polar surface area (TPSA) is 93.7 Å². The van der Waals surface area contributed by atoms with Crippen LogP contribution in [-0.2, 0) is 23.9 Å². The second-order valence-corrected chi connectivity index (χ2v) is 8.44. The molecular formula is C23H28N2O5. The number of ether oxygens (including phenoxy) is 2. The van der Waals surface area contributed by atoms with Gasteiger partial charge in [-0.25, -0.2) is 4.79 Å². The van der Waals surface area contributed by atoms with Gasteiger partial charge in [0.2, 0.25) is 11.7 Å². The van der Waals surface area contributed by atoms with E-state index in [9.17, 15) is 14.4 Å². The summed E-state index contributed by atoms with van der Waals surface area (Å²) in [6.45, 7) is 8.65. The Kier molecular flexibility index (Phi) is 7.06. The predicted molar refractivity (Wildman–Crippen MR) is 112 cm³/mol. The summed E-state index contributed by atoms with van der Waals surface area (Å²) in [7, 11) is 1.50. The lowest BCUT2D eigenvalue weighted by molar-refractivity contribution is -0.160. The van der Waals surface area contributed by atoms with E-state index in [0.717, 1.165) is 5.56 Å². The van der Waals surface area contributed by atoms with Crippen molar-refractivity contribution in [1.29, 1.82) is 0 Å².